The lowest BCUT2D eigenvalue weighted by Crippen LogP contribution is -2.00. The van der Waals surface area contributed by atoms with E-state index in [4.69, 9.17) is 39.5 Å². The summed E-state index contributed by atoms with van der Waals surface area (Å²) in [7, 11) is 1.56. The van der Waals surface area contributed by atoms with E-state index in [1.165, 1.54) is 0 Å². The molecular weight excluding hydrogens is 319 g/mol. The fourth-order valence-electron chi connectivity index (χ4n) is 2.51. The van der Waals surface area contributed by atoms with Gasteiger partial charge in [-0.3, -0.25) is 0 Å². The molecule has 0 N–H and O–H groups in total. The molecule has 3 nitrogen and oxygen atoms in total. The molecule has 20 heavy (non-hydrogen) atoms. The molecule has 106 valence electrons. The van der Waals surface area contributed by atoms with Crippen molar-refractivity contribution in [3.63, 3.8) is 0 Å². The van der Waals surface area contributed by atoms with E-state index in [2.05, 4.69) is 5.10 Å². The first-order chi connectivity index (χ1) is 9.61. The van der Waals surface area contributed by atoms with Gasteiger partial charge in [0.05, 0.1) is 28.5 Å². The Balaban J connectivity index is 2.16. The highest BCUT2D eigenvalue weighted by Crippen LogP contribution is 2.36. The standard InChI is InChI=1S/C14H13Cl3N2O/c1-20-13-7-12(9(15)6-10(13)16)19-14(17)8-4-2-3-5-11(8)18-19/h6-7H,2-5H2,1H3. The topological polar surface area (TPSA) is 27.1 Å². The van der Waals surface area contributed by atoms with Gasteiger partial charge in [0.15, 0.2) is 0 Å². The van der Waals surface area contributed by atoms with Crippen LogP contribution < -0.4 is 4.74 Å². The van der Waals surface area contributed by atoms with Gasteiger partial charge in [-0.15, -0.1) is 0 Å². The smallest absolute Gasteiger partial charge is 0.139 e. The Morgan fingerprint density at radius 3 is 2.55 bits per heavy atom. The number of halogens is 3. The maximum absolute atomic E-state index is 6.45. The van der Waals surface area contributed by atoms with E-state index in [9.17, 15) is 0 Å². The molecule has 0 bridgehead atoms. The van der Waals surface area contributed by atoms with Crippen LogP contribution in [0.25, 0.3) is 5.69 Å². The summed E-state index contributed by atoms with van der Waals surface area (Å²) in [6.07, 6.45) is 4.23. The highest BCUT2D eigenvalue weighted by molar-refractivity contribution is 6.37. The molecule has 1 aliphatic carbocycles. The molecule has 1 aromatic heterocycles. The Bertz CT molecular complexity index is 667. The van der Waals surface area contributed by atoms with Crippen molar-refractivity contribution in [1.29, 1.82) is 0 Å². The van der Waals surface area contributed by atoms with E-state index in [1.807, 2.05) is 0 Å². The molecule has 0 aliphatic heterocycles. The average Bonchev–Trinajstić information content (AvgIpc) is 2.77. The zero-order valence-electron chi connectivity index (χ0n) is 10.9. The van der Waals surface area contributed by atoms with Crippen LogP contribution >= 0.6 is 34.8 Å². The molecule has 2 aromatic rings. The molecule has 0 saturated heterocycles. The van der Waals surface area contributed by atoms with Crippen LogP contribution in [0, 0.1) is 0 Å². The predicted octanol–water partition coefficient (Wildman–Crippen LogP) is 4.72. The number of aryl methyl sites for hydroxylation is 1. The Kier molecular flexibility index (Phi) is 3.85. The fourth-order valence-corrected chi connectivity index (χ4v) is 3.38. The SMILES string of the molecule is COc1cc(-n2nc3c(c2Cl)CCCC3)c(Cl)cc1Cl. The number of nitrogens with zero attached hydrogens (tertiary/aromatic N) is 2. The highest BCUT2D eigenvalue weighted by atomic mass is 35.5. The molecule has 1 heterocycles. The average molecular weight is 332 g/mol. The Morgan fingerprint density at radius 1 is 1.10 bits per heavy atom. The van der Waals surface area contributed by atoms with Crippen LogP contribution in [0.3, 0.4) is 0 Å². The molecule has 1 aliphatic rings. The molecule has 0 unspecified atom stereocenters. The van der Waals surface area contributed by atoms with Crippen molar-refractivity contribution in [3.8, 4) is 11.4 Å². The normalized spacial score (nSPS) is 14.2. The number of rotatable bonds is 2. The molecule has 0 saturated carbocycles. The summed E-state index contributed by atoms with van der Waals surface area (Å²) < 4.78 is 6.91. The van der Waals surface area contributed by atoms with Gasteiger partial charge in [-0.2, -0.15) is 5.10 Å². The Hall–Kier alpha value is -0.900. The molecule has 1 aromatic carbocycles. The Labute approximate surface area is 132 Å². The van der Waals surface area contributed by atoms with Crippen molar-refractivity contribution in [2.24, 2.45) is 0 Å². The number of methoxy groups -OCH3 is 1. The lowest BCUT2D eigenvalue weighted by atomic mass is 9.99. The maximum Gasteiger partial charge on any atom is 0.139 e. The predicted molar refractivity (Wildman–Crippen MR) is 81.8 cm³/mol. The number of ether oxygens (including phenoxy) is 1. The molecule has 0 fully saturated rings. The molecule has 0 radical (unpaired) electrons. The number of aromatic nitrogens is 2. The van der Waals surface area contributed by atoms with E-state index < -0.39 is 0 Å². The van der Waals surface area contributed by atoms with Crippen LogP contribution in [0.15, 0.2) is 12.1 Å². The van der Waals surface area contributed by atoms with Gasteiger partial charge in [0.1, 0.15) is 10.9 Å². The van der Waals surface area contributed by atoms with Crippen LogP contribution in [-0.2, 0) is 12.8 Å². The molecule has 0 amide bonds. The molecular formula is C14H13Cl3N2O. The van der Waals surface area contributed by atoms with Gasteiger partial charge >= 0.3 is 0 Å². The summed E-state index contributed by atoms with van der Waals surface area (Å²) in [5.74, 6) is 0.551. The monoisotopic (exact) mass is 330 g/mol. The number of hydrogen-bond donors (Lipinski definition) is 0. The molecule has 0 atom stereocenters. The minimum absolute atomic E-state index is 0.467. The lowest BCUT2D eigenvalue weighted by Gasteiger charge is -2.10. The largest absolute Gasteiger partial charge is 0.495 e. The van der Waals surface area contributed by atoms with Crippen molar-refractivity contribution in [3.05, 3.63) is 38.6 Å². The zero-order valence-corrected chi connectivity index (χ0v) is 13.2. The summed E-state index contributed by atoms with van der Waals surface area (Å²) in [5, 5.41) is 6.18. The van der Waals surface area contributed by atoms with Gasteiger partial charge in [-0.05, 0) is 31.7 Å². The second-order valence-electron chi connectivity index (χ2n) is 4.77. The zero-order chi connectivity index (χ0) is 14.3. The first-order valence-electron chi connectivity index (χ1n) is 6.41. The minimum Gasteiger partial charge on any atom is -0.495 e. The van der Waals surface area contributed by atoms with Gasteiger partial charge in [0, 0.05) is 11.6 Å². The van der Waals surface area contributed by atoms with Crippen LogP contribution in [0.4, 0.5) is 0 Å². The third kappa shape index (κ3) is 2.28. The number of hydrogen-bond acceptors (Lipinski definition) is 2. The third-order valence-electron chi connectivity index (χ3n) is 3.54. The lowest BCUT2D eigenvalue weighted by molar-refractivity contribution is 0.414. The summed E-state index contributed by atoms with van der Waals surface area (Å²) in [4.78, 5) is 0. The maximum atomic E-state index is 6.45. The van der Waals surface area contributed by atoms with Crippen molar-refractivity contribution in [1.82, 2.24) is 9.78 Å². The van der Waals surface area contributed by atoms with E-state index >= 15 is 0 Å². The summed E-state index contributed by atoms with van der Waals surface area (Å²) >= 11 is 18.8. The van der Waals surface area contributed by atoms with Crippen molar-refractivity contribution < 1.29 is 4.74 Å². The van der Waals surface area contributed by atoms with E-state index in [-0.39, 0.29) is 0 Å². The van der Waals surface area contributed by atoms with Gasteiger partial charge in [0.25, 0.3) is 0 Å². The van der Waals surface area contributed by atoms with Gasteiger partial charge in [0.2, 0.25) is 0 Å². The van der Waals surface area contributed by atoms with Crippen molar-refractivity contribution >= 4 is 34.8 Å². The first kappa shape index (κ1) is 14.1. The van der Waals surface area contributed by atoms with E-state index in [0.717, 1.165) is 36.9 Å². The van der Waals surface area contributed by atoms with E-state index in [0.29, 0.717) is 26.6 Å². The summed E-state index contributed by atoms with van der Waals surface area (Å²) in [6, 6.07) is 3.41. The Morgan fingerprint density at radius 2 is 1.85 bits per heavy atom. The summed E-state index contributed by atoms with van der Waals surface area (Å²) in [6.45, 7) is 0. The molecule has 0 spiro atoms. The minimum atomic E-state index is 0.467. The fraction of sp³-hybridized carbons (Fsp3) is 0.357. The van der Waals surface area contributed by atoms with Gasteiger partial charge in [-0.25, -0.2) is 4.68 Å². The number of fused-ring (bicyclic) bond motifs is 1. The first-order valence-corrected chi connectivity index (χ1v) is 7.55. The van der Waals surface area contributed by atoms with Gasteiger partial charge in [-0.1, -0.05) is 34.8 Å². The quantitative estimate of drug-likeness (QED) is 0.796. The van der Waals surface area contributed by atoms with Crippen LogP contribution in [0.1, 0.15) is 24.1 Å². The number of benzene rings is 1. The highest BCUT2D eigenvalue weighted by Gasteiger charge is 2.22. The summed E-state index contributed by atoms with van der Waals surface area (Å²) in [5.41, 5.74) is 2.88. The third-order valence-corrected chi connectivity index (χ3v) is 4.53. The second-order valence-corrected chi connectivity index (χ2v) is 5.95. The van der Waals surface area contributed by atoms with E-state index in [1.54, 1.807) is 23.9 Å². The van der Waals surface area contributed by atoms with Crippen molar-refractivity contribution in [2.75, 3.05) is 7.11 Å². The van der Waals surface area contributed by atoms with Crippen LogP contribution in [0.5, 0.6) is 5.75 Å². The van der Waals surface area contributed by atoms with Crippen molar-refractivity contribution in [2.45, 2.75) is 25.7 Å². The molecule has 3 rings (SSSR count). The molecule has 6 heteroatoms. The second kappa shape index (κ2) is 5.47. The van der Waals surface area contributed by atoms with Gasteiger partial charge < -0.3 is 4.74 Å². The van der Waals surface area contributed by atoms with Crippen LogP contribution in [0.2, 0.25) is 15.2 Å². The van der Waals surface area contributed by atoms with Crippen LogP contribution in [-0.4, -0.2) is 16.9 Å².